The SMILES string of the molecule is CC(C)(C)N1CCN(c2ccc([N+](=O)[O-])cc2N)CC1. The van der Waals surface area contributed by atoms with E-state index in [2.05, 4.69) is 30.6 Å². The molecule has 110 valence electrons. The summed E-state index contributed by atoms with van der Waals surface area (Å²) in [7, 11) is 0. The van der Waals surface area contributed by atoms with Crippen LogP contribution in [0.2, 0.25) is 0 Å². The van der Waals surface area contributed by atoms with Crippen LogP contribution >= 0.6 is 0 Å². The zero-order chi connectivity index (χ0) is 14.9. The second-order valence-electron chi connectivity index (χ2n) is 6.15. The van der Waals surface area contributed by atoms with Gasteiger partial charge in [-0.1, -0.05) is 0 Å². The molecule has 0 saturated carbocycles. The Balaban J connectivity index is 2.09. The average molecular weight is 278 g/mol. The summed E-state index contributed by atoms with van der Waals surface area (Å²) in [6.45, 7) is 10.4. The lowest BCUT2D eigenvalue weighted by atomic mass is 10.0. The molecule has 0 radical (unpaired) electrons. The molecule has 1 fully saturated rings. The Morgan fingerprint density at radius 3 is 2.25 bits per heavy atom. The van der Waals surface area contributed by atoms with Crippen LogP contribution in [0.1, 0.15) is 20.8 Å². The molecule has 0 unspecified atom stereocenters. The van der Waals surface area contributed by atoms with E-state index in [1.807, 2.05) is 0 Å². The van der Waals surface area contributed by atoms with Crippen molar-refractivity contribution in [3.8, 4) is 0 Å². The van der Waals surface area contributed by atoms with Crippen LogP contribution in [-0.4, -0.2) is 41.5 Å². The zero-order valence-electron chi connectivity index (χ0n) is 12.3. The van der Waals surface area contributed by atoms with Gasteiger partial charge in [-0.2, -0.15) is 0 Å². The Morgan fingerprint density at radius 1 is 1.20 bits per heavy atom. The number of non-ortho nitro benzene ring substituents is 1. The molecule has 20 heavy (non-hydrogen) atoms. The van der Waals surface area contributed by atoms with Crippen molar-refractivity contribution in [2.75, 3.05) is 36.8 Å². The Kier molecular flexibility index (Phi) is 3.85. The maximum atomic E-state index is 10.7. The summed E-state index contributed by atoms with van der Waals surface area (Å²) in [5, 5.41) is 10.7. The van der Waals surface area contributed by atoms with Gasteiger partial charge in [-0.25, -0.2) is 0 Å². The van der Waals surface area contributed by atoms with Gasteiger partial charge in [0.2, 0.25) is 0 Å². The molecule has 0 amide bonds. The third kappa shape index (κ3) is 3.01. The smallest absolute Gasteiger partial charge is 0.271 e. The van der Waals surface area contributed by atoms with Crippen molar-refractivity contribution >= 4 is 17.1 Å². The molecule has 1 heterocycles. The number of piperazine rings is 1. The van der Waals surface area contributed by atoms with Gasteiger partial charge in [0, 0.05) is 43.9 Å². The molecule has 2 N–H and O–H groups in total. The van der Waals surface area contributed by atoms with Crippen molar-refractivity contribution < 1.29 is 4.92 Å². The highest BCUT2D eigenvalue weighted by Crippen LogP contribution is 2.29. The van der Waals surface area contributed by atoms with Crippen LogP contribution in [0.15, 0.2) is 18.2 Å². The predicted octanol–water partition coefficient (Wildman–Crippen LogP) is 2.10. The minimum atomic E-state index is -0.419. The van der Waals surface area contributed by atoms with E-state index < -0.39 is 4.92 Å². The van der Waals surface area contributed by atoms with E-state index in [4.69, 9.17) is 5.73 Å². The molecule has 1 aliphatic heterocycles. The average Bonchev–Trinajstić information content (AvgIpc) is 2.37. The number of benzene rings is 1. The van der Waals surface area contributed by atoms with Crippen LogP contribution in [0.4, 0.5) is 17.1 Å². The van der Waals surface area contributed by atoms with Crippen molar-refractivity contribution in [3.05, 3.63) is 28.3 Å². The summed E-state index contributed by atoms with van der Waals surface area (Å²) >= 11 is 0. The molecule has 0 spiro atoms. The van der Waals surface area contributed by atoms with E-state index in [9.17, 15) is 10.1 Å². The fourth-order valence-corrected chi connectivity index (χ4v) is 2.56. The van der Waals surface area contributed by atoms with Gasteiger partial charge in [-0.05, 0) is 26.8 Å². The summed E-state index contributed by atoms with van der Waals surface area (Å²) in [5.74, 6) is 0. The van der Waals surface area contributed by atoms with Crippen molar-refractivity contribution in [2.45, 2.75) is 26.3 Å². The van der Waals surface area contributed by atoms with Gasteiger partial charge < -0.3 is 10.6 Å². The zero-order valence-corrected chi connectivity index (χ0v) is 12.3. The van der Waals surface area contributed by atoms with E-state index in [1.54, 1.807) is 6.07 Å². The molecule has 1 aromatic rings. The topological polar surface area (TPSA) is 75.6 Å². The molecule has 1 aromatic carbocycles. The first-order valence-electron chi connectivity index (χ1n) is 6.83. The second-order valence-corrected chi connectivity index (χ2v) is 6.15. The highest BCUT2D eigenvalue weighted by atomic mass is 16.6. The monoisotopic (exact) mass is 278 g/mol. The van der Waals surface area contributed by atoms with E-state index in [0.717, 1.165) is 31.9 Å². The number of anilines is 2. The van der Waals surface area contributed by atoms with Gasteiger partial charge in [0.25, 0.3) is 5.69 Å². The number of rotatable bonds is 2. The van der Waals surface area contributed by atoms with Crippen LogP contribution in [0.5, 0.6) is 0 Å². The second kappa shape index (κ2) is 5.28. The van der Waals surface area contributed by atoms with E-state index >= 15 is 0 Å². The van der Waals surface area contributed by atoms with Gasteiger partial charge in [0.15, 0.2) is 0 Å². The predicted molar refractivity (Wildman–Crippen MR) is 81.0 cm³/mol. The maximum absolute atomic E-state index is 10.7. The van der Waals surface area contributed by atoms with Gasteiger partial charge in [-0.15, -0.1) is 0 Å². The lowest BCUT2D eigenvalue weighted by Gasteiger charge is -2.43. The first kappa shape index (κ1) is 14.6. The molecular formula is C14H22N4O2. The highest BCUT2D eigenvalue weighted by molar-refractivity contribution is 5.70. The third-order valence-electron chi connectivity index (χ3n) is 3.79. The van der Waals surface area contributed by atoms with Crippen molar-refractivity contribution in [1.82, 2.24) is 4.90 Å². The van der Waals surface area contributed by atoms with Crippen LogP contribution < -0.4 is 10.6 Å². The summed E-state index contributed by atoms with van der Waals surface area (Å²) in [6, 6.07) is 4.70. The van der Waals surface area contributed by atoms with Crippen LogP contribution in [-0.2, 0) is 0 Å². The number of nitrogen functional groups attached to an aromatic ring is 1. The summed E-state index contributed by atoms with van der Waals surface area (Å²) < 4.78 is 0. The minimum Gasteiger partial charge on any atom is -0.397 e. The number of nitrogens with zero attached hydrogens (tertiary/aromatic N) is 3. The molecule has 2 rings (SSSR count). The Morgan fingerprint density at radius 2 is 1.80 bits per heavy atom. The normalized spacial score (nSPS) is 17.2. The molecule has 0 aromatic heterocycles. The van der Waals surface area contributed by atoms with Crippen molar-refractivity contribution in [3.63, 3.8) is 0 Å². The van der Waals surface area contributed by atoms with Crippen LogP contribution in [0.25, 0.3) is 0 Å². The summed E-state index contributed by atoms with van der Waals surface area (Å²) in [4.78, 5) is 14.9. The lowest BCUT2D eigenvalue weighted by molar-refractivity contribution is -0.384. The first-order valence-corrected chi connectivity index (χ1v) is 6.83. The highest BCUT2D eigenvalue weighted by Gasteiger charge is 2.26. The third-order valence-corrected chi connectivity index (χ3v) is 3.79. The van der Waals surface area contributed by atoms with Crippen LogP contribution in [0, 0.1) is 10.1 Å². The molecule has 0 atom stereocenters. The van der Waals surface area contributed by atoms with Crippen molar-refractivity contribution in [2.24, 2.45) is 0 Å². The standard InChI is InChI=1S/C14H22N4O2/c1-14(2,3)17-8-6-16(7-9-17)13-5-4-11(18(19)20)10-12(13)15/h4-5,10H,6-9,15H2,1-3H3. The first-order chi connectivity index (χ1) is 9.29. The molecule has 1 aliphatic rings. The molecule has 6 heteroatoms. The number of nitro benzene ring substituents is 1. The largest absolute Gasteiger partial charge is 0.397 e. The summed E-state index contributed by atoms with van der Waals surface area (Å²) in [6.07, 6.45) is 0. The maximum Gasteiger partial charge on any atom is 0.271 e. The Hall–Kier alpha value is -1.82. The van der Waals surface area contributed by atoms with E-state index in [-0.39, 0.29) is 11.2 Å². The molecule has 0 bridgehead atoms. The summed E-state index contributed by atoms with van der Waals surface area (Å²) in [5.41, 5.74) is 7.53. The molecular weight excluding hydrogens is 256 g/mol. The number of hydrogen-bond donors (Lipinski definition) is 1. The quantitative estimate of drug-likeness (QED) is 0.509. The van der Waals surface area contributed by atoms with E-state index in [0.29, 0.717) is 5.69 Å². The van der Waals surface area contributed by atoms with Crippen LogP contribution in [0.3, 0.4) is 0 Å². The fourth-order valence-electron chi connectivity index (χ4n) is 2.56. The Labute approximate surface area is 119 Å². The number of hydrogen-bond acceptors (Lipinski definition) is 5. The number of nitrogens with two attached hydrogens (primary N) is 1. The Bertz CT molecular complexity index is 502. The molecule has 1 saturated heterocycles. The van der Waals surface area contributed by atoms with E-state index in [1.165, 1.54) is 12.1 Å². The van der Waals surface area contributed by atoms with Gasteiger partial charge >= 0.3 is 0 Å². The van der Waals surface area contributed by atoms with Gasteiger partial charge in [-0.3, -0.25) is 15.0 Å². The molecule has 6 nitrogen and oxygen atoms in total. The fraction of sp³-hybridized carbons (Fsp3) is 0.571. The van der Waals surface area contributed by atoms with Crippen molar-refractivity contribution in [1.29, 1.82) is 0 Å². The minimum absolute atomic E-state index is 0.0413. The lowest BCUT2D eigenvalue weighted by Crippen LogP contribution is -2.53. The number of nitro groups is 1. The van der Waals surface area contributed by atoms with Gasteiger partial charge in [0.1, 0.15) is 0 Å². The molecule has 0 aliphatic carbocycles. The van der Waals surface area contributed by atoms with Gasteiger partial charge in [0.05, 0.1) is 16.3 Å².